The highest BCUT2D eigenvalue weighted by Crippen LogP contribution is 2.46. The van der Waals surface area contributed by atoms with Gasteiger partial charge in [-0.1, -0.05) is 6.07 Å². The van der Waals surface area contributed by atoms with Crippen molar-refractivity contribution in [2.45, 2.75) is 27.1 Å². The molecular formula is C24H22O7. The van der Waals surface area contributed by atoms with Gasteiger partial charge in [-0.25, -0.2) is 4.79 Å². The maximum absolute atomic E-state index is 12.8. The molecule has 0 unspecified atom stereocenters. The molecule has 0 atom stereocenters. The number of benzene rings is 3. The van der Waals surface area contributed by atoms with E-state index in [0.717, 1.165) is 16.3 Å². The number of aliphatic hydroxyl groups excluding tert-OH is 1. The normalized spacial score (nSPS) is 14.0. The summed E-state index contributed by atoms with van der Waals surface area (Å²) in [5.74, 6) is 2.04. The Labute approximate surface area is 179 Å². The van der Waals surface area contributed by atoms with Crippen LogP contribution < -0.4 is 18.9 Å². The monoisotopic (exact) mass is 422 g/mol. The molecule has 0 saturated heterocycles. The molecule has 0 fully saturated rings. The summed E-state index contributed by atoms with van der Waals surface area (Å²) in [7, 11) is 0. The molecule has 1 N–H and O–H groups in total. The molecule has 2 heterocycles. The third-order valence-corrected chi connectivity index (χ3v) is 5.57. The Morgan fingerprint density at radius 1 is 0.903 bits per heavy atom. The van der Waals surface area contributed by atoms with Gasteiger partial charge in [0.1, 0.15) is 6.61 Å². The third-order valence-electron chi connectivity index (χ3n) is 5.57. The zero-order chi connectivity index (χ0) is 21.5. The molecule has 7 nitrogen and oxygen atoms in total. The first kappa shape index (κ1) is 19.5. The topological polar surface area (TPSA) is 83.5 Å². The molecule has 0 saturated carbocycles. The van der Waals surface area contributed by atoms with Crippen molar-refractivity contribution in [2.24, 2.45) is 0 Å². The fourth-order valence-corrected chi connectivity index (χ4v) is 4.28. The minimum Gasteiger partial charge on any atom is -0.490 e. The van der Waals surface area contributed by atoms with Gasteiger partial charge in [0.25, 0.3) is 0 Å². The number of fused-ring (bicyclic) bond motifs is 3. The van der Waals surface area contributed by atoms with Crippen molar-refractivity contribution in [3.05, 3.63) is 47.0 Å². The average molecular weight is 422 g/mol. The van der Waals surface area contributed by atoms with Crippen molar-refractivity contribution in [1.29, 1.82) is 0 Å². The van der Waals surface area contributed by atoms with E-state index < -0.39 is 5.97 Å². The number of hydrogen-bond acceptors (Lipinski definition) is 7. The first-order chi connectivity index (χ1) is 15.2. The van der Waals surface area contributed by atoms with Crippen molar-refractivity contribution in [3.63, 3.8) is 0 Å². The van der Waals surface area contributed by atoms with Gasteiger partial charge in [0.05, 0.1) is 25.4 Å². The van der Waals surface area contributed by atoms with E-state index >= 15 is 0 Å². The lowest BCUT2D eigenvalue weighted by Gasteiger charge is -2.19. The first-order valence-electron chi connectivity index (χ1n) is 10.2. The molecule has 3 aromatic carbocycles. The number of aliphatic hydroxyl groups is 1. The second-order valence-electron chi connectivity index (χ2n) is 7.22. The smallest absolute Gasteiger partial charge is 0.339 e. The summed E-state index contributed by atoms with van der Waals surface area (Å²) in [6.45, 7) is 4.80. The van der Waals surface area contributed by atoms with Gasteiger partial charge in [-0.15, -0.1) is 0 Å². The summed E-state index contributed by atoms with van der Waals surface area (Å²) in [5.41, 5.74) is 3.32. The van der Waals surface area contributed by atoms with Crippen LogP contribution in [0.4, 0.5) is 0 Å². The molecule has 160 valence electrons. The highest BCUT2D eigenvalue weighted by molar-refractivity contribution is 6.12. The molecule has 0 aromatic heterocycles. The van der Waals surface area contributed by atoms with Crippen molar-refractivity contribution in [1.82, 2.24) is 0 Å². The highest BCUT2D eigenvalue weighted by atomic mass is 16.7. The molecule has 5 rings (SSSR count). The largest absolute Gasteiger partial charge is 0.490 e. The molecule has 31 heavy (non-hydrogen) atoms. The SMILES string of the molecule is CCOc1cc2c(CO)c3c(c(-c4ccc5c(c4)OCO5)c2cc1OCC)C(=O)OC3. The predicted molar refractivity (Wildman–Crippen MR) is 113 cm³/mol. The quantitative estimate of drug-likeness (QED) is 0.596. The molecule has 0 radical (unpaired) electrons. The molecule has 2 aliphatic heterocycles. The third kappa shape index (κ3) is 3.04. The Kier molecular flexibility index (Phi) is 4.82. The van der Waals surface area contributed by atoms with Crippen molar-refractivity contribution >= 4 is 16.7 Å². The van der Waals surface area contributed by atoms with Crippen LogP contribution in [0.15, 0.2) is 30.3 Å². The Morgan fingerprint density at radius 2 is 1.61 bits per heavy atom. The van der Waals surface area contributed by atoms with Crippen LogP contribution in [0.2, 0.25) is 0 Å². The number of hydrogen-bond donors (Lipinski definition) is 1. The number of carbonyl (C=O) groups excluding carboxylic acids is 1. The van der Waals surface area contributed by atoms with Crippen molar-refractivity contribution in [3.8, 4) is 34.1 Å². The molecule has 0 aliphatic carbocycles. The average Bonchev–Trinajstić information content (AvgIpc) is 3.39. The maximum atomic E-state index is 12.8. The maximum Gasteiger partial charge on any atom is 0.339 e. The van der Waals surface area contributed by atoms with Crippen LogP contribution >= 0.6 is 0 Å². The highest BCUT2D eigenvalue weighted by Gasteiger charge is 2.32. The van der Waals surface area contributed by atoms with Gasteiger partial charge in [0.2, 0.25) is 6.79 Å². The first-order valence-corrected chi connectivity index (χ1v) is 10.2. The molecule has 2 aliphatic rings. The zero-order valence-electron chi connectivity index (χ0n) is 17.3. The van der Waals surface area contributed by atoms with Gasteiger partial charge in [-0.3, -0.25) is 0 Å². The summed E-state index contributed by atoms with van der Waals surface area (Å²) < 4.78 is 28.0. The Hall–Kier alpha value is -3.45. The van der Waals surface area contributed by atoms with Crippen LogP contribution in [-0.2, 0) is 18.0 Å². The predicted octanol–water partition coefficient (Wildman–Crippen LogP) is 4.20. The van der Waals surface area contributed by atoms with Crippen molar-refractivity contribution < 1.29 is 33.6 Å². The van der Waals surface area contributed by atoms with Crippen LogP contribution in [0, 0.1) is 0 Å². The van der Waals surface area contributed by atoms with Gasteiger partial charge in [0.15, 0.2) is 23.0 Å². The van der Waals surface area contributed by atoms with E-state index in [0.29, 0.717) is 58.5 Å². The van der Waals surface area contributed by atoms with Crippen molar-refractivity contribution in [2.75, 3.05) is 20.0 Å². The Balaban J connectivity index is 1.87. The van der Waals surface area contributed by atoms with Gasteiger partial charge in [-0.2, -0.15) is 0 Å². The second kappa shape index (κ2) is 7.67. The van der Waals surface area contributed by atoms with E-state index in [2.05, 4.69) is 0 Å². The van der Waals surface area contributed by atoms with Crippen LogP contribution in [-0.4, -0.2) is 31.1 Å². The fraction of sp³-hybridized carbons (Fsp3) is 0.292. The van der Waals surface area contributed by atoms with E-state index in [1.807, 2.05) is 44.2 Å². The van der Waals surface area contributed by atoms with Gasteiger partial charge in [-0.05, 0) is 60.0 Å². The van der Waals surface area contributed by atoms with E-state index in [4.69, 9.17) is 23.7 Å². The molecule has 0 bridgehead atoms. The molecule has 0 amide bonds. The van der Waals surface area contributed by atoms with E-state index in [1.165, 1.54) is 0 Å². The molecule has 0 spiro atoms. The van der Waals surface area contributed by atoms with Crippen LogP contribution in [0.25, 0.3) is 21.9 Å². The molecule has 7 heteroatoms. The molecular weight excluding hydrogens is 400 g/mol. The number of ether oxygens (including phenoxy) is 5. The lowest BCUT2D eigenvalue weighted by atomic mass is 9.86. The van der Waals surface area contributed by atoms with Crippen LogP contribution in [0.3, 0.4) is 0 Å². The molecule has 3 aromatic rings. The summed E-state index contributed by atoms with van der Waals surface area (Å²) >= 11 is 0. The lowest BCUT2D eigenvalue weighted by Crippen LogP contribution is -2.04. The number of cyclic esters (lactones) is 1. The van der Waals surface area contributed by atoms with Gasteiger partial charge in [0, 0.05) is 11.1 Å². The minimum atomic E-state index is -0.411. The lowest BCUT2D eigenvalue weighted by molar-refractivity contribution is 0.0534. The van der Waals surface area contributed by atoms with Gasteiger partial charge >= 0.3 is 5.97 Å². The number of rotatable bonds is 6. The standard InChI is InChI=1S/C24H22O7/c1-3-27-20-8-14-15(9-21(20)28-4-2)22(13-5-6-18-19(7-13)31-12-30-18)23-17(16(14)10-25)11-29-24(23)26/h5-9,25H,3-4,10-12H2,1-2H3. The minimum absolute atomic E-state index is 0.120. The van der Waals surface area contributed by atoms with Crippen LogP contribution in [0.1, 0.15) is 35.3 Å². The number of esters is 1. The Bertz CT molecular complexity index is 1200. The van der Waals surface area contributed by atoms with Gasteiger partial charge < -0.3 is 28.8 Å². The second-order valence-corrected chi connectivity index (χ2v) is 7.22. The zero-order valence-corrected chi connectivity index (χ0v) is 17.3. The van der Waals surface area contributed by atoms with E-state index in [9.17, 15) is 9.90 Å². The fourth-order valence-electron chi connectivity index (χ4n) is 4.28. The van der Waals surface area contributed by atoms with E-state index in [1.54, 1.807) is 0 Å². The Morgan fingerprint density at radius 3 is 2.32 bits per heavy atom. The summed E-state index contributed by atoms with van der Waals surface area (Å²) in [6.07, 6.45) is 0. The van der Waals surface area contributed by atoms with E-state index in [-0.39, 0.29) is 20.0 Å². The summed E-state index contributed by atoms with van der Waals surface area (Å²) in [4.78, 5) is 12.8. The number of carbonyl (C=O) groups is 1. The summed E-state index contributed by atoms with van der Waals surface area (Å²) in [5, 5.41) is 11.8. The summed E-state index contributed by atoms with van der Waals surface area (Å²) in [6, 6.07) is 9.32. The van der Waals surface area contributed by atoms with Crippen LogP contribution in [0.5, 0.6) is 23.0 Å².